The Bertz CT molecular complexity index is 2600. The van der Waals surface area contributed by atoms with Crippen molar-refractivity contribution in [2.45, 2.75) is 75.8 Å². The fourth-order valence-electron chi connectivity index (χ4n) is 11.4. The highest BCUT2D eigenvalue weighted by Gasteiger charge is 2.43. The second kappa shape index (κ2) is 16.8. The number of carbonyl (C=O) groups excluding carboxylic acids is 2. The van der Waals surface area contributed by atoms with Crippen molar-refractivity contribution in [1.29, 1.82) is 0 Å². The van der Waals surface area contributed by atoms with Gasteiger partial charge in [-0.05, 0) is 98.7 Å². The van der Waals surface area contributed by atoms with Crippen LogP contribution in [-0.4, -0.2) is 120 Å². The third kappa shape index (κ3) is 7.88. The molecule has 0 saturated carbocycles. The largest absolute Gasteiger partial charge is 0.507 e. The third-order valence-corrected chi connectivity index (χ3v) is 15.0. The number of phenolic OH excluding ortho intramolecular Hbond substituents is 1. The van der Waals surface area contributed by atoms with Crippen molar-refractivity contribution in [2.75, 3.05) is 90.9 Å². The van der Waals surface area contributed by atoms with Gasteiger partial charge in [0.1, 0.15) is 11.6 Å². The van der Waals surface area contributed by atoms with Crippen molar-refractivity contribution in [1.82, 2.24) is 25.0 Å². The van der Waals surface area contributed by atoms with E-state index in [9.17, 15) is 14.7 Å². The van der Waals surface area contributed by atoms with E-state index in [1.54, 1.807) is 23.1 Å². The number of nitrogens with one attached hydrogen (secondary N) is 1. The number of hydrogen-bond donors (Lipinski definition) is 3. The van der Waals surface area contributed by atoms with E-state index in [2.05, 4.69) is 58.9 Å². The molecule has 5 aromatic rings. The van der Waals surface area contributed by atoms with Gasteiger partial charge in [-0.25, -0.2) is 9.18 Å². The van der Waals surface area contributed by atoms with E-state index >= 15 is 4.39 Å². The van der Waals surface area contributed by atoms with Crippen LogP contribution in [0.15, 0.2) is 72.9 Å². The van der Waals surface area contributed by atoms with Gasteiger partial charge in [0.15, 0.2) is 11.6 Å². The number of likely N-dealkylation sites (tertiary alicyclic amines) is 1. The van der Waals surface area contributed by atoms with Gasteiger partial charge in [0, 0.05) is 118 Å². The maximum absolute atomic E-state index is 15.6. The molecule has 340 valence electrons. The maximum atomic E-state index is 15.6. The number of imide groups is 1. The van der Waals surface area contributed by atoms with Gasteiger partial charge in [0.2, 0.25) is 5.91 Å². The van der Waals surface area contributed by atoms with Gasteiger partial charge in [-0.2, -0.15) is 0 Å². The minimum absolute atomic E-state index is 0.0367. The zero-order valence-corrected chi connectivity index (χ0v) is 36.9. The molecule has 65 heavy (non-hydrogen) atoms. The molecule has 4 N–H and O–H groups in total. The summed E-state index contributed by atoms with van der Waals surface area (Å²) in [7, 11) is 0. The summed E-state index contributed by atoms with van der Waals surface area (Å²) < 4.78 is 31.0. The molecule has 15 nitrogen and oxygen atoms in total. The fourth-order valence-corrected chi connectivity index (χ4v) is 11.4. The van der Waals surface area contributed by atoms with Crippen molar-refractivity contribution in [3.63, 3.8) is 0 Å². The van der Waals surface area contributed by atoms with Crippen LogP contribution in [-0.2, 0) is 14.3 Å². The summed E-state index contributed by atoms with van der Waals surface area (Å²) in [5.41, 5.74) is 13.2. The number of aryl methyl sites for hydroxylation is 1. The van der Waals surface area contributed by atoms with Crippen molar-refractivity contribution in [2.24, 2.45) is 5.92 Å². The molecular formula is C49H57FN10O5. The summed E-state index contributed by atoms with van der Waals surface area (Å²) in [6, 6.07) is 20.9. The average Bonchev–Trinajstić information content (AvgIpc) is 3.78. The number of para-hydroxylation sites is 1. The van der Waals surface area contributed by atoms with Crippen LogP contribution in [0.4, 0.5) is 37.8 Å². The Morgan fingerprint density at radius 1 is 0.831 bits per heavy atom. The summed E-state index contributed by atoms with van der Waals surface area (Å²) in [5, 5.41) is 22.5. The Hall–Kier alpha value is -5.97. The monoisotopic (exact) mass is 884 g/mol. The van der Waals surface area contributed by atoms with Crippen LogP contribution in [0.3, 0.4) is 0 Å². The summed E-state index contributed by atoms with van der Waals surface area (Å²) in [6.45, 7) is 9.63. The highest BCUT2D eigenvalue weighted by Crippen LogP contribution is 2.42. The molecule has 2 aromatic heterocycles. The molecule has 0 aliphatic carbocycles. The molecule has 2 bridgehead atoms. The van der Waals surface area contributed by atoms with Crippen LogP contribution >= 0.6 is 0 Å². The summed E-state index contributed by atoms with van der Waals surface area (Å²) in [6.07, 6.45) is 8.21. The molecule has 0 unspecified atom stereocenters. The number of aromatic hydroxyl groups is 1. The Morgan fingerprint density at radius 3 is 2.31 bits per heavy atom. The summed E-state index contributed by atoms with van der Waals surface area (Å²) in [5.74, 6) is 0.106. The summed E-state index contributed by atoms with van der Waals surface area (Å²) >= 11 is 0. The zero-order valence-electron chi connectivity index (χ0n) is 36.9. The lowest BCUT2D eigenvalue weighted by molar-refractivity contribution is -0.295. The predicted octanol–water partition coefficient (Wildman–Crippen LogP) is 6.43. The molecule has 3 amide bonds. The van der Waals surface area contributed by atoms with E-state index < -0.39 is 5.79 Å². The molecule has 1 spiro atoms. The number of halogens is 1. The van der Waals surface area contributed by atoms with E-state index in [0.717, 1.165) is 118 Å². The van der Waals surface area contributed by atoms with Crippen LogP contribution in [0.1, 0.15) is 56.6 Å². The number of hydrogen-bond acceptors (Lipinski definition) is 12. The van der Waals surface area contributed by atoms with Crippen LogP contribution in [0, 0.1) is 18.7 Å². The normalized spacial score (nSPS) is 23.2. The minimum atomic E-state index is -0.560. The highest BCUT2D eigenvalue weighted by molar-refractivity contribution is 6.06. The molecule has 6 aliphatic rings. The number of rotatable bonds is 8. The number of fused-ring (bicyclic) bond motifs is 3. The van der Waals surface area contributed by atoms with Gasteiger partial charge < -0.3 is 44.5 Å². The smallest absolute Gasteiger partial charge is 0.328 e. The van der Waals surface area contributed by atoms with Crippen molar-refractivity contribution < 1.29 is 28.6 Å². The molecule has 0 radical (unpaired) electrons. The van der Waals surface area contributed by atoms with Gasteiger partial charge in [0.05, 0.1) is 36.3 Å². The van der Waals surface area contributed by atoms with E-state index in [4.69, 9.17) is 15.2 Å². The molecular weight excluding hydrogens is 828 g/mol. The number of phenols is 1. The molecule has 2 atom stereocenters. The number of piperazine rings is 1. The van der Waals surface area contributed by atoms with Crippen LogP contribution in [0.25, 0.3) is 22.2 Å². The number of piperidine rings is 2. The quantitative estimate of drug-likeness (QED) is 0.157. The number of ether oxygens (including phenoxy) is 2. The Morgan fingerprint density at radius 2 is 1.57 bits per heavy atom. The first kappa shape index (κ1) is 41.7. The number of carbonyl (C=O) groups is 2. The second-order valence-corrected chi connectivity index (χ2v) is 18.9. The van der Waals surface area contributed by atoms with Gasteiger partial charge >= 0.3 is 6.03 Å². The standard InChI is InChI=1S/C49H57FN10O5/c1-31-25-59(42-11-9-33(22-39(31)42)58-19-14-46(62)52-48(58)63)37-29-64-49(65-30-37)15-20-55(21-16-49)26-32-12-17-56(18-13-32)43-23-34(8-10-40(43)50)60-35-6-7-36(60)28-57(27-35)44-24-41(53-54-47(44)51)38-4-2-3-5-45(38)61/h2-5,8-11,22-25,32,35-37,61H,6-7,12-21,26-30H2,1H3,(H2,51,54)(H,52,62,63)/t35-,36+. The lowest BCUT2D eigenvalue weighted by atomic mass is 9.94. The third-order valence-electron chi connectivity index (χ3n) is 15.0. The zero-order chi connectivity index (χ0) is 44.4. The number of nitrogens with zero attached hydrogens (tertiary/aromatic N) is 8. The predicted molar refractivity (Wildman–Crippen MR) is 248 cm³/mol. The number of nitrogens with two attached hydrogens (primary N) is 1. The summed E-state index contributed by atoms with van der Waals surface area (Å²) in [4.78, 5) is 35.4. The molecule has 11 rings (SSSR count). The molecule has 6 aliphatic heterocycles. The van der Waals surface area contributed by atoms with E-state index in [-0.39, 0.29) is 48.1 Å². The van der Waals surface area contributed by atoms with E-state index in [1.165, 1.54) is 0 Å². The molecule has 6 saturated heterocycles. The molecule has 3 aromatic carbocycles. The molecule has 16 heteroatoms. The second-order valence-electron chi connectivity index (χ2n) is 18.9. The topological polar surface area (TPSA) is 158 Å². The van der Waals surface area contributed by atoms with Crippen LogP contribution < -0.4 is 30.7 Å². The number of anilines is 5. The fraction of sp³-hybridized carbons (Fsp3) is 0.469. The van der Waals surface area contributed by atoms with Gasteiger partial charge in [0.25, 0.3) is 0 Å². The van der Waals surface area contributed by atoms with Gasteiger partial charge in [-0.15, -0.1) is 10.2 Å². The van der Waals surface area contributed by atoms with Crippen LogP contribution in [0.2, 0.25) is 0 Å². The Kier molecular flexibility index (Phi) is 10.8. The van der Waals surface area contributed by atoms with E-state index in [1.807, 2.05) is 42.5 Å². The van der Waals surface area contributed by atoms with E-state index in [0.29, 0.717) is 48.4 Å². The SMILES string of the molecule is Cc1cn(C2COC3(CCN(CC4CCN(c5cc(N6[C@@H]7CC[C@H]6CN(c6cc(-c8ccccc8O)nnc6N)C7)ccc5F)CC4)CC3)OC2)c2ccc(N3CCC(=O)NC3=O)cc12. The van der Waals surface area contributed by atoms with Gasteiger partial charge in [-0.3, -0.25) is 15.0 Å². The first-order valence-electron chi connectivity index (χ1n) is 23.3. The first-order chi connectivity index (χ1) is 31.6. The number of amides is 3. The van der Waals surface area contributed by atoms with Crippen molar-refractivity contribution in [3.05, 3.63) is 84.3 Å². The number of nitrogen functional groups attached to an aromatic ring is 1. The Balaban J connectivity index is 0.668. The number of aromatic nitrogens is 3. The van der Waals surface area contributed by atoms with Crippen molar-refractivity contribution >= 4 is 51.4 Å². The molecule has 8 heterocycles. The lowest BCUT2D eigenvalue weighted by Crippen LogP contribution is -2.54. The van der Waals surface area contributed by atoms with Gasteiger partial charge in [-0.1, -0.05) is 12.1 Å². The van der Waals surface area contributed by atoms with Crippen molar-refractivity contribution in [3.8, 4) is 17.0 Å². The average molecular weight is 885 g/mol. The number of benzene rings is 3. The maximum Gasteiger partial charge on any atom is 0.328 e. The number of urea groups is 1. The minimum Gasteiger partial charge on any atom is -0.507 e. The van der Waals surface area contributed by atoms with Crippen LogP contribution in [0.5, 0.6) is 5.75 Å². The molecule has 6 fully saturated rings. The first-order valence-corrected chi connectivity index (χ1v) is 23.3. The lowest BCUT2D eigenvalue weighted by Gasteiger charge is -2.46. The highest BCUT2D eigenvalue weighted by atomic mass is 19.1. The Labute approximate surface area is 377 Å².